The second-order valence-electron chi connectivity index (χ2n) is 13.4. The van der Waals surface area contributed by atoms with Gasteiger partial charge in [-0.3, -0.25) is 9.59 Å². The number of rotatable bonds is 10. The predicted octanol–water partition coefficient (Wildman–Crippen LogP) is 5.18. The van der Waals surface area contributed by atoms with Gasteiger partial charge < -0.3 is 25.0 Å². The Labute approximate surface area is 255 Å². The Morgan fingerprint density at radius 1 is 0.907 bits per heavy atom. The topological polar surface area (TPSA) is 114 Å². The van der Waals surface area contributed by atoms with Crippen molar-refractivity contribution in [2.24, 2.45) is 5.92 Å². The monoisotopic (exact) mass is 593 g/mol. The van der Waals surface area contributed by atoms with Gasteiger partial charge in [-0.05, 0) is 90.0 Å². The molecule has 0 heterocycles. The molecule has 9 heteroatoms. The number of carbonyl (C=O) groups is 4. The molecule has 2 aromatic carbocycles. The number of carbonyl (C=O) groups excluding carboxylic acids is 4. The molecule has 1 aliphatic rings. The van der Waals surface area contributed by atoms with E-state index in [-0.39, 0.29) is 24.9 Å². The van der Waals surface area contributed by atoms with E-state index in [1.807, 2.05) is 69.3 Å². The second kappa shape index (κ2) is 13.6. The molecule has 43 heavy (non-hydrogen) atoms. The van der Waals surface area contributed by atoms with Crippen LogP contribution in [0.25, 0.3) is 0 Å². The lowest BCUT2D eigenvalue weighted by Gasteiger charge is -2.34. The average molecular weight is 594 g/mol. The molecule has 0 radical (unpaired) electrons. The highest BCUT2D eigenvalue weighted by Crippen LogP contribution is 2.41. The average Bonchev–Trinajstić information content (AvgIpc) is 3.61. The fraction of sp³-hybridized carbons (Fsp3) is 0.529. The summed E-state index contributed by atoms with van der Waals surface area (Å²) in [7, 11) is 0. The van der Waals surface area contributed by atoms with Crippen molar-refractivity contribution in [1.29, 1.82) is 0 Å². The van der Waals surface area contributed by atoms with Gasteiger partial charge in [0, 0.05) is 12.5 Å². The summed E-state index contributed by atoms with van der Waals surface area (Å²) in [6.07, 6.45) is 0.214. The molecule has 3 amide bonds. The molecule has 1 aliphatic carbocycles. The van der Waals surface area contributed by atoms with Crippen LogP contribution in [0.4, 0.5) is 4.79 Å². The third-order valence-electron chi connectivity index (χ3n) is 7.25. The molecule has 1 fully saturated rings. The van der Waals surface area contributed by atoms with Crippen LogP contribution in [0.1, 0.15) is 83.2 Å². The molecule has 0 saturated heterocycles. The highest BCUT2D eigenvalue weighted by Gasteiger charge is 2.47. The van der Waals surface area contributed by atoms with Gasteiger partial charge in [-0.2, -0.15) is 0 Å². The minimum Gasteiger partial charge on any atom is -0.458 e. The molecule has 1 saturated carbocycles. The summed E-state index contributed by atoms with van der Waals surface area (Å²) >= 11 is 0. The Kier molecular flexibility index (Phi) is 10.6. The first-order valence-corrected chi connectivity index (χ1v) is 14.9. The highest BCUT2D eigenvalue weighted by atomic mass is 16.6. The maximum absolute atomic E-state index is 14.4. The van der Waals surface area contributed by atoms with Crippen molar-refractivity contribution in [1.82, 2.24) is 15.5 Å². The number of alkyl carbamates (subject to hydrolysis) is 1. The minimum atomic E-state index is -1.04. The van der Waals surface area contributed by atoms with E-state index in [1.54, 1.807) is 46.4 Å². The summed E-state index contributed by atoms with van der Waals surface area (Å²) in [6.45, 7) is 16.1. The largest absolute Gasteiger partial charge is 0.458 e. The first kappa shape index (κ1) is 33.6. The van der Waals surface area contributed by atoms with Crippen LogP contribution in [-0.2, 0) is 30.3 Å². The number of hydrogen-bond donors (Lipinski definition) is 2. The number of benzene rings is 2. The van der Waals surface area contributed by atoms with Crippen LogP contribution in [0.2, 0.25) is 0 Å². The number of amides is 3. The summed E-state index contributed by atoms with van der Waals surface area (Å²) in [5.74, 6) is -1.31. The van der Waals surface area contributed by atoms with Gasteiger partial charge in [0.25, 0.3) is 0 Å². The van der Waals surface area contributed by atoms with Gasteiger partial charge in [0.05, 0.1) is 0 Å². The van der Waals surface area contributed by atoms with Gasteiger partial charge in [0.2, 0.25) is 11.8 Å². The molecule has 0 spiro atoms. The maximum Gasteiger partial charge on any atom is 0.408 e. The molecule has 2 aromatic rings. The lowest BCUT2D eigenvalue weighted by Crippen LogP contribution is -2.53. The van der Waals surface area contributed by atoms with Gasteiger partial charge >= 0.3 is 12.1 Å². The molecule has 0 bridgehead atoms. The summed E-state index contributed by atoms with van der Waals surface area (Å²) in [6, 6.07) is 12.8. The number of nitrogens with zero attached hydrogens (tertiary/aromatic N) is 1. The van der Waals surface area contributed by atoms with Crippen LogP contribution in [-0.4, -0.2) is 58.6 Å². The molecule has 2 N–H and O–H groups in total. The fourth-order valence-electron chi connectivity index (χ4n) is 4.92. The molecular formula is C34H47N3O6. The van der Waals surface area contributed by atoms with Crippen LogP contribution in [0.5, 0.6) is 0 Å². The van der Waals surface area contributed by atoms with E-state index in [2.05, 4.69) is 10.6 Å². The van der Waals surface area contributed by atoms with E-state index in [0.29, 0.717) is 12.0 Å². The summed E-state index contributed by atoms with van der Waals surface area (Å²) in [5.41, 5.74) is 1.85. The van der Waals surface area contributed by atoms with E-state index in [1.165, 1.54) is 0 Å². The van der Waals surface area contributed by atoms with Crippen molar-refractivity contribution >= 4 is 23.9 Å². The van der Waals surface area contributed by atoms with Crippen molar-refractivity contribution in [3.63, 3.8) is 0 Å². The molecule has 3 rings (SSSR count). The smallest absolute Gasteiger partial charge is 0.408 e. The Morgan fingerprint density at radius 3 is 2.07 bits per heavy atom. The first-order valence-electron chi connectivity index (χ1n) is 14.9. The van der Waals surface area contributed by atoms with Gasteiger partial charge in [0.1, 0.15) is 29.8 Å². The van der Waals surface area contributed by atoms with Gasteiger partial charge in [-0.1, -0.05) is 55.5 Å². The number of esters is 1. The normalized spacial score (nSPS) is 17.7. The van der Waals surface area contributed by atoms with Crippen LogP contribution in [0.15, 0.2) is 48.5 Å². The number of hydrogen-bond acceptors (Lipinski definition) is 6. The molecule has 0 aromatic heterocycles. The maximum atomic E-state index is 14.4. The summed E-state index contributed by atoms with van der Waals surface area (Å²) in [5, 5.41) is 5.49. The van der Waals surface area contributed by atoms with E-state index in [9.17, 15) is 19.2 Å². The molecule has 234 valence electrons. The van der Waals surface area contributed by atoms with Crippen molar-refractivity contribution < 1.29 is 28.7 Å². The van der Waals surface area contributed by atoms with Gasteiger partial charge in [-0.15, -0.1) is 0 Å². The lowest BCUT2D eigenvalue weighted by atomic mass is 9.94. The van der Waals surface area contributed by atoms with Crippen LogP contribution >= 0.6 is 0 Å². The highest BCUT2D eigenvalue weighted by molar-refractivity contribution is 5.93. The molecular weight excluding hydrogens is 546 g/mol. The van der Waals surface area contributed by atoms with E-state index in [4.69, 9.17) is 9.47 Å². The minimum absolute atomic E-state index is 0.164. The Morgan fingerprint density at radius 2 is 1.51 bits per heavy atom. The first-order chi connectivity index (χ1) is 20.0. The third kappa shape index (κ3) is 9.83. The number of ether oxygens (including phenoxy) is 2. The quantitative estimate of drug-likeness (QED) is 0.367. The van der Waals surface area contributed by atoms with Crippen molar-refractivity contribution in [2.75, 3.05) is 6.54 Å². The number of nitrogens with one attached hydrogen (secondary N) is 2. The second-order valence-corrected chi connectivity index (χ2v) is 13.4. The Balaban J connectivity index is 2.00. The van der Waals surface area contributed by atoms with Crippen LogP contribution < -0.4 is 10.6 Å². The molecule has 9 nitrogen and oxygen atoms in total. The van der Waals surface area contributed by atoms with E-state index < -0.39 is 47.2 Å². The third-order valence-corrected chi connectivity index (χ3v) is 7.25. The zero-order valence-corrected chi connectivity index (χ0v) is 26.9. The van der Waals surface area contributed by atoms with Crippen LogP contribution in [0, 0.1) is 19.8 Å². The van der Waals surface area contributed by atoms with Crippen molar-refractivity contribution in [3.05, 3.63) is 70.8 Å². The van der Waals surface area contributed by atoms with E-state index in [0.717, 1.165) is 16.7 Å². The summed E-state index contributed by atoms with van der Waals surface area (Å²) in [4.78, 5) is 55.5. The molecule has 4 atom stereocenters. The predicted molar refractivity (Wildman–Crippen MR) is 165 cm³/mol. The Hall–Kier alpha value is -3.88. The van der Waals surface area contributed by atoms with Crippen molar-refractivity contribution in [3.8, 4) is 0 Å². The molecule has 4 unspecified atom stereocenters. The SMILES string of the molecule is Cc1cccc(C(C(=O)NC(Cc2ccccc2)C(=O)OC(C)(C)C)N(C(=O)CNC(=O)OC(C)(C)C)C2CC2C)c1C. The van der Waals surface area contributed by atoms with Gasteiger partial charge in [0.15, 0.2) is 0 Å². The standard InChI is InChI=1S/C34H47N3O6/c1-21-14-13-17-25(23(21)3)29(37(27-18-22(27)2)28(38)20-35-32(41)43-34(7,8)9)30(39)36-26(31(40)42-33(4,5)6)19-24-15-11-10-12-16-24/h10-17,22,26-27,29H,18-20H2,1-9H3,(H,35,41)(H,36,39). The zero-order chi connectivity index (χ0) is 32.1. The van der Waals surface area contributed by atoms with E-state index >= 15 is 0 Å². The Bertz CT molecular complexity index is 1310. The van der Waals surface area contributed by atoms with Gasteiger partial charge in [-0.25, -0.2) is 9.59 Å². The summed E-state index contributed by atoms with van der Waals surface area (Å²) < 4.78 is 11.0. The number of aryl methyl sites for hydroxylation is 1. The van der Waals surface area contributed by atoms with Crippen LogP contribution in [0.3, 0.4) is 0 Å². The van der Waals surface area contributed by atoms with Crippen molar-refractivity contribution in [2.45, 2.75) is 104 Å². The zero-order valence-electron chi connectivity index (χ0n) is 26.9. The lowest BCUT2D eigenvalue weighted by molar-refractivity contribution is -0.159. The molecule has 0 aliphatic heterocycles. The fourth-order valence-corrected chi connectivity index (χ4v) is 4.92.